The number of halogens is 1. The molecule has 2 rings (SSSR count). The van der Waals surface area contributed by atoms with Gasteiger partial charge in [0, 0.05) is 12.0 Å². The second-order valence-electron chi connectivity index (χ2n) is 4.54. The maximum atomic E-state index is 13.1. The molecule has 1 aromatic rings. The smallest absolute Gasteiger partial charge is 0.253 e. The van der Waals surface area contributed by atoms with Crippen molar-refractivity contribution in [2.24, 2.45) is 5.41 Å². The van der Waals surface area contributed by atoms with Crippen LogP contribution in [0.15, 0.2) is 18.2 Å². The lowest BCUT2D eigenvalue weighted by Gasteiger charge is -2.13. The number of hydrogen-bond acceptors (Lipinski definition) is 3. The number of aliphatic hydroxyl groups excluding tert-OH is 1. The van der Waals surface area contributed by atoms with Crippen LogP contribution in [0.4, 0.5) is 10.1 Å². The molecule has 0 radical (unpaired) electrons. The standard InChI is InChI=1S/C12H15FN2O2/c13-9-3-1-2-8(10(9)14)11(17)15-6-12(7-16)4-5-12/h1-3,16H,4-7,14H2,(H,15,17). The van der Waals surface area contributed by atoms with E-state index in [1.807, 2.05) is 0 Å². The van der Waals surface area contributed by atoms with Gasteiger partial charge in [0.2, 0.25) is 0 Å². The number of amides is 1. The fraction of sp³-hybridized carbons (Fsp3) is 0.417. The van der Waals surface area contributed by atoms with Gasteiger partial charge in [-0.2, -0.15) is 0 Å². The first-order valence-electron chi connectivity index (χ1n) is 5.51. The van der Waals surface area contributed by atoms with E-state index in [1.54, 1.807) is 0 Å². The first-order chi connectivity index (χ1) is 8.08. The molecule has 0 atom stereocenters. The number of anilines is 1. The number of nitrogens with one attached hydrogen (secondary N) is 1. The quantitative estimate of drug-likeness (QED) is 0.682. The van der Waals surface area contributed by atoms with E-state index in [1.165, 1.54) is 18.2 Å². The van der Waals surface area contributed by atoms with Crippen molar-refractivity contribution in [3.05, 3.63) is 29.6 Å². The molecule has 1 fully saturated rings. The lowest BCUT2D eigenvalue weighted by molar-refractivity contribution is 0.0935. The van der Waals surface area contributed by atoms with Crippen molar-refractivity contribution in [2.45, 2.75) is 12.8 Å². The second-order valence-corrected chi connectivity index (χ2v) is 4.54. The van der Waals surface area contributed by atoms with Gasteiger partial charge in [0.15, 0.2) is 0 Å². The molecule has 4 N–H and O–H groups in total. The van der Waals surface area contributed by atoms with Crippen LogP contribution < -0.4 is 11.1 Å². The van der Waals surface area contributed by atoms with Crippen LogP contribution in [-0.4, -0.2) is 24.2 Å². The third kappa shape index (κ3) is 2.39. The molecule has 0 aliphatic heterocycles. The summed E-state index contributed by atoms with van der Waals surface area (Å²) in [6, 6.07) is 4.13. The largest absolute Gasteiger partial charge is 0.396 e. The molecule has 0 bridgehead atoms. The number of hydrogen-bond donors (Lipinski definition) is 3. The van der Waals surface area contributed by atoms with Crippen molar-refractivity contribution >= 4 is 11.6 Å². The summed E-state index contributed by atoms with van der Waals surface area (Å²) in [7, 11) is 0. The Kier molecular flexibility index (Phi) is 3.02. The zero-order valence-electron chi connectivity index (χ0n) is 9.37. The van der Waals surface area contributed by atoms with Crippen LogP contribution >= 0.6 is 0 Å². The Morgan fingerprint density at radius 1 is 1.53 bits per heavy atom. The van der Waals surface area contributed by atoms with Gasteiger partial charge in [-0.3, -0.25) is 4.79 Å². The Balaban J connectivity index is 2.02. The molecule has 17 heavy (non-hydrogen) atoms. The first kappa shape index (κ1) is 11.9. The van der Waals surface area contributed by atoms with E-state index < -0.39 is 11.7 Å². The van der Waals surface area contributed by atoms with Gasteiger partial charge in [-0.05, 0) is 25.0 Å². The number of carbonyl (C=O) groups excluding carboxylic acids is 1. The Morgan fingerprint density at radius 3 is 2.82 bits per heavy atom. The molecule has 1 aromatic carbocycles. The Hall–Kier alpha value is -1.62. The monoisotopic (exact) mass is 238 g/mol. The van der Waals surface area contributed by atoms with Crippen molar-refractivity contribution in [3.8, 4) is 0 Å². The van der Waals surface area contributed by atoms with E-state index >= 15 is 0 Å². The Labute approximate surface area is 98.6 Å². The molecule has 1 amide bonds. The first-order valence-corrected chi connectivity index (χ1v) is 5.51. The van der Waals surface area contributed by atoms with E-state index in [-0.39, 0.29) is 23.3 Å². The predicted molar refractivity (Wildman–Crippen MR) is 61.9 cm³/mol. The van der Waals surface area contributed by atoms with Gasteiger partial charge in [-0.25, -0.2) is 4.39 Å². The minimum absolute atomic E-state index is 0.0614. The molecule has 1 saturated carbocycles. The average Bonchev–Trinajstić information content (AvgIpc) is 3.10. The van der Waals surface area contributed by atoms with E-state index in [4.69, 9.17) is 10.8 Å². The number of nitrogens with two attached hydrogens (primary N) is 1. The highest BCUT2D eigenvalue weighted by Gasteiger charge is 2.42. The molecule has 0 aromatic heterocycles. The summed E-state index contributed by atoms with van der Waals surface area (Å²) in [5.74, 6) is -0.998. The van der Waals surface area contributed by atoms with Crippen molar-refractivity contribution < 1.29 is 14.3 Å². The van der Waals surface area contributed by atoms with Crippen molar-refractivity contribution in [3.63, 3.8) is 0 Å². The van der Waals surface area contributed by atoms with Gasteiger partial charge in [0.25, 0.3) is 5.91 Å². The molecule has 0 unspecified atom stereocenters. The zero-order chi connectivity index (χ0) is 12.5. The van der Waals surface area contributed by atoms with Crippen LogP contribution in [-0.2, 0) is 0 Å². The van der Waals surface area contributed by atoms with E-state index in [0.717, 1.165) is 12.8 Å². The third-order valence-electron chi connectivity index (χ3n) is 3.21. The lowest BCUT2D eigenvalue weighted by atomic mass is 10.1. The van der Waals surface area contributed by atoms with Gasteiger partial charge in [0.05, 0.1) is 17.9 Å². The number of para-hydroxylation sites is 1. The highest BCUT2D eigenvalue weighted by atomic mass is 19.1. The van der Waals surface area contributed by atoms with Crippen LogP contribution in [0, 0.1) is 11.2 Å². The highest BCUT2D eigenvalue weighted by Crippen LogP contribution is 2.44. The summed E-state index contributed by atoms with van der Waals surface area (Å²) < 4.78 is 13.1. The average molecular weight is 238 g/mol. The minimum atomic E-state index is -0.596. The van der Waals surface area contributed by atoms with Crippen LogP contribution in [0.5, 0.6) is 0 Å². The van der Waals surface area contributed by atoms with Crippen LogP contribution in [0.25, 0.3) is 0 Å². The number of rotatable bonds is 4. The zero-order valence-corrected chi connectivity index (χ0v) is 9.37. The van der Waals surface area contributed by atoms with E-state index in [2.05, 4.69) is 5.32 Å². The fourth-order valence-corrected chi connectivity index (χ4v) is 1.67. The maximum absolute atomic E-state index is 13.1. The van der Waals surface area contributed by atoms with Gasteiger partial charge >= 0.3 is 0 Å². The van der Waals surface area contributed by atoms with Crippen LogP contribution in [0.2, 0.25) is 0 Å². The Bertz CT molecular complexity index is 444. The summed E-state index contributed by atoms with van der Waals surface area (Å²) in [5.41, 5.74) is 5.31. The summed E-state index contributed by atoms with van der Waals surface area (Å²) in [5, 5.41) is 11.8. The summed E-state index contributed by atoms with van der Waals surface area (Å²) in [6.07, 6.45) is 1.81. The number of aliphatic hydroxyl groups is 1. The molecule has 0 spiro atoms. The van der Waals surface area contributed by atoms with E-state index in [0.29, 0.717) is 6.54 Å². The fourth-order valence-electron chi connectivity index (χ4n) is 1.67. The Morgan fingerprint density at radius 2 is 2.24 bits per heavy atom. The molecule has 1 aliphatic carbocycles. The van der Waals surface area contributed by atoms with Gasteiger partial charge in [-0.1, -0.05) is 6.07 Å². The molecule has 5 heteroatoms. The summed E-state index contributed by atoms with van der Waals surface area (Å²) in [6.45, 7) is 0.462. The molecule has 4 nitrogen and oxygen atoms in total. The van der Waals surface area contributed by atoms with Crippen LogP contribution in [0.1, 0.15) is 23.2 Å². The van der Waals surface area contributed by atoms with Gasteiger partial charge in [0.1, 0.15) is 5.82 Å². The highest BCUT2D eigenvalue weighted by molar-refractivity contribution is 5.99. The predicted octanol–water partition coefficient (Wildman–Crippen LogP) is 0.910. The van der Waals surface area contributed by atoms with Crippen molar-refractivity contribution in [1.82, 2.24) is 5.32 Å². The van der Waals surface area contributed by atoms with Crippen molar-refractivity contribution in [2.75, 3.05) is 18.9 Å². The SMILES string of the molecule is Nc1c(F)cccc1C(=O)NCC1(CO)CC1. The summed E-state index contributed by atoms with van der Waals surface area (Å²) >= 11 is 0. The molecule has 92 valence electrons. The summed E-state index contributed by atoms with van der Waals surface area (Å²) in [4.78, 5) is 11.8. The van der Waals surface area contributed by atoms with Crippen molar-refractivity contribution in [1.29, 1.82) is 0 Å². The normalized spacial score (nSPS) is 16.6. The molecule has 0 heterocycles. The number of benzene rings is 1. The second kappa shape index (κ2) is 4.33. The van der Waals surface area contributed by atoms with Crippen LogP contribution in [0.3, 0.4) is 0 Å². The van der Waals surface area contributed by atoms with Gasteiger partial charge < -0.3 is 16.2 Å². The maximum Gasteiger partial charge on any atom is 0.253 e. The minimum Gasteiger partial charge on any atom is -0.396 e. The number of carbonyl (C=O) groups is 1. The molecule has 1 aliphatic rings. The lowest BCUT2D eigenvalue weighted by Crippen LogP contribution is -2.32. The van der Waals surface area contributed by atoms with E-state index in [9.17, 15) is 9.18 Å². The van der Waals surface area contributed by atoms with Gasteiger partial charge in [-0.15, -0.1) is 0 Å². The topological polar surface area (TPSA) is 75.4 Å². The molecular weight excluding hydrogens is 223 g/mol. The number of nitrogen functional groups attached to an aromatic ring is 1. The molecular formula is C12H15FN2O2. The third-order valence-corrected chi connectivity index (χ3v) is 3.21. The molecule has 0 saturated heterocycles.